The molecule has 0 atom stereocenters. The first-order valence-corrected chi connectivity index (χ1v) is 5.84. The molecule has 0 aliphatic heterocycles. The van der Waals surface area contributed by atoms with E-state index in [4.69, 9.17) is 5.73 Å². The third-order valence-corrected chi connectivity index (χ3v) is 2.99. The van der Waals surface area contributed by atoms with Crippen molar-refractivity contribution < 1.29 is 8.78 Å². The van der Waals surface area contributed by atoms with E-state index in [-0.39, 0.29) is 5.82 Å². The summed E-state index contributed by atoms with van der Waals surface area (Å²) in [4.78, 5) is 4.18. The Kier molecular flexibility index (Phi) is 2.74. The number of nitrogen functional groups attached to an aromatic ring is 1. The molecule has 0 amide bonds. The van der Waals surface area contributed by atoms with Gasteiger partial charge in [0.25, 0.3) is 0 Å². The van der Waals surface area contributed by atoms with Crippen molar-refractivity contribution in [2.24, 2.45) is 7.05 Å². The molecule has 0 radical (unpaired) electrons. The molecular weight excluding hydrogens is 264 g/mol. The van der Waals surface area contributed by atoms with E-state index < -0.39 is 11.6 Å². The summed E-state index contributed by atoms with van der Waals surface area (Å²) in [6.07, 6.45) is 3.37. The largest absolute Gasteiger partial charge is 0.382 e. The molecule has 0 aliphatic carbocycles. The number of nitrogens with one attached hydrogen (secondary N) is 1. The molecule has 0 fully saturated rings. The van der Waals surface area contributed by atoms with Crippen molar-refractivity contribution in [2.75, 3.05) is 5.73 Å². The molecule has 0 saturated heterocycles. The van der Waals surface area contributed by atoms with E-state index in [9.17, 15) is 8.78 Å². The predicted molar refractivity (Wildman–Crippen MR) is 70.6 cm³/mol. The van der Waals surface area contributed by atoms with Crippen LogP contribution in [0, 0.1) is 11.6 Å². The first-order chi connectivity index (χ1) is 9.56. The molecule has 5 nitrogen and oxygen atoms in total. The van der Waals surface area contributed by atoms with Gasteiger partial charge in [-0.1, -0.05) is 0 Å². The minimum Gasteiger partial charge on any atom is -0.382 e. The Morgan fingerprint density at radius 2 is 1.90 bits per heavy atom. The van der Waals surface area contributed by atoms with E-state index in [0.29, 0.717) is 22.6 Å². The number of aromatic nitrogens is 4. The highest BCUT2D eigenvalue weighted by Gasteiger charge is 2.18. The summed E-state index contributed by atoms with van der Waals surface area (Å²) in [6.45, 7) is 0. The Balaban J connectivity index is 2.24. The minimum absolute atomic E-state index is 0.160. The molecule has 0 spiro atoms. The lowest BCUT2D eigenvalue weighted by Gasteiger charge is -2.05. The SMILES string of the molecule is Cn1ccnc1-c1[nH]nc(N)c1-c1cc(F)cc(F)c1. The lowest BCUT2D eigenvalue weighted by atomic mass is 10.0. The number of hydrogen-bond donors (Lipinski definition) is 2. The van der Waals surface area contributed by atoms with Crippen molar-refractivity contribution >= 4 is 5.82 Å². The van der Waals surface area contributed by atoms with Gasteiger partial charge >= 0.3 is 0 Å². The lowest BCUT2D eigenvalue weighted by Crippen LogP contribution is -1.95. The number of hydrogen-bond acceptors (Lipinski definition) is 3. The molecule has 3 N–H and O–H groups in total. The zero-order chi connectivity index (χ0) is 14.3. The minimum atomic E-state index is -0.675. The molecule has 3 rings (SSSR count). The lowest BCUT2D eigenvalue weighted by molar-refractivity contribution is 0.584. The van der Waals surface area contributed by atoms with Crippen molar-refractivity contribution in [1.82, 2.24) is 19.7 Å². The number of halogens is 2. The molecule has 7 heteroatoms. The molecule has 0 unspecified atom stereocenters. The smallest absolute Gasteiger partial charge is 0.158 e. The van der Waals surface area contributed by atoms with Gasteiger partial charge in [0.2, 0.25) is 0 Å². The van der Waals surface area contributed by atoms with Crippen LogP contribution < -0.4 is 5.73 Å². The van der Waals surface area contributed by atoms with Crippen LogP contribution in [0.15, 0.2) is 30.6 Å². The van der Waals surface area contributed by atoms with Gasteiger partial charge in [-0.05, 0) is 17.7 Å². The Labute approximate surface area is 113 Å². The maximum Gasteiger partial charge on any atom is 0.158 e. The summed E-state index contributed by atoms with van der Waals surface area (Å²) in [6, 6.07) is 3.22. The van der Waals surface area contributed by atoms with Crippen LogP contribution in [0.4, 0.5) is 14.6 Å². The van der Waals surface area contributed by atoms with Crippen LogP contribution >= 0.6 is 0 Å². The predicted octanol–water partition coefficient (Wildman–Crippen LogP) is 2.34. The highest BCUT2D eigenvalue weighted by molar-refractivity contribution is 5.85. The van der Waals surface area contributed by atoms with Crippen molar-refractivity contribution in [2.45, 2.75) is 0 Å². The molecule has 0 bridgehead atoms. The Bertz CT molecular complexity index is 755. The third kappa shape index (κ3) is 1.93. The molecule has 0 aliphatic rings. The van der Waals surface area contributed by atoms with Gasteiger partial charge in [-0.25, -0.2) is 13.8 Å². The molecule has 3 aromatic rings. The van der Waals surface area contributed by atoms with Crippen LogP contribution in [0.2, 0.25) is 0 Å². The number of rotatable bonds is 2. The zero-order valence-electron chi connectivity index (χ0n) is 10.6. The van der Waals surface area contributed by atoms with E-state index in [0.717, 1.165) is 6.07 Å². The van der Waals surface area contributed by atoms with E-state index in [1.54, 1.807) is 24.0 Å². The van der Waals surface area contributed by atoms with Gasteiger partial charge in [0.05, 0.1) is 5.56 Å². The molecule has 2 aromatic heterocycles. The summed E-state index contributed by atoms with van der Waals surface area (Å²) >= 11 is 0. The second-order valence-corrected chi connectivity index (χ2v) is 4.38. The van der Waals surface area contributed by atoms with Gasteiger partial charge in [-0.15, -0.1) is 0 Å². The summed E-state index contributed by atoms with van der Waals surface area (Å²) in [5.41, 5.74) is 7.06. The van der Waals surface area contributed by atoms with Crippen LogP contribution in [-0.2, 0) is 7.05 Å². The van der Waals surface area contributed by atoms with E-state index in [1.165, 1.54) is 12.1 Å². The van der Waals surface area contributed by atoms with Crippen LogP contribution in [0.1, 0.15) is 0 Å². The van der Waals surface area contributed by atoms with E-state index in [1.807, 2.05) is 0 Å². The Hall–Kier alpha value is -2.70. The molecule has 0 saturated carbocycles. The van der Waals surface area contributed by atoms with Gasteiger partial charge < -0.3 is 10.3 Å². The standard InChI is InChI=1S/C13H11F2N5/c1-20-3-2-17-13(20)11-10(12(16)19-18-11)7-4-8(14)6-9(15)5-7/h2-6H,1H3,(H3,16,18,19). The molecule has 2 heterocycles. The van der Waals surface area contributed by atoms with Crippen molar-refractivity contribution in [3.8, 4) is 22.6 Å². The maximum atomic E-state index is 13.4. The van der Waals surface area contributed by atoms with Gasteiger partial charge in [-0.2, -0.15) is 5.10 Å². The number of aryl methyl sites for hydroxylation is 1. The van der Waals surface area contributed by atoms with E-state index >= 15 is 0 Å². The number of aromatic amines is 1. The zero-order valence-corrected chi connectivity index (χ0v) is 10.6. The fourth-order valence-electron chi connectivity index (χ4n) is 2.11. The highest BCUT2D eigenvalue weighted by atomic mass is 19.1. The number of imidazole rings is 1. The summed E-state index contributed by atoms with van der Waals surface area (Å²) in [7, 11) is 1.80. The van der Waals surface area contributed by atoms with Gasteiger partial charge in [0.15, 0.2) is 11.6 Å². The number of H-pyrrole nitrogens is 1. The quantitative estimate of drug-likeness (QED) is 0.754. The van der Waals surface area contributed by atoms with Crippen molar-refractivity contribution in [3.05, 3.63) is 42.2 Å². The highest BCUT2D eigenvalue weighted by Crippen LogP contribution is 2.34. The summed E-state index contributed by atoms with van der Waals surface area (Å²) in [5, 5.41) is 6.66. The number of benzene rings is 1. The first-order valence-electron chi connectivity index (χ1n) is 5.84. The van der Waals surface area contributed by atoms with Gasteiger partial charge in [0, 0.05) is 25.5 Å². The average Bonchev–Trinajstić information content (AvgIpc) is 2.93. The molecule has 102 valence electrons. The Morgan fingerprint density at radius 1 is 1.20 bits per heavy atom. The fraction of sp³-hybridized carbons (Fsp3) is 0.0769. The van der Waals surface area contributed by atoms with Crippen LogP contribution in [0.3, 0.4) is 0 Å². The normalized spacial score (nSPS) is 10.9. The Morgan fingerprint density at radius 3 is 2.50 bits per heavy atom. The van der Waals surface area contributed by atoms with Crippen molar-refractivity contribution in [3.63, 3.8) is 0 Å². The average molecular weight is 275 g/mol. The number of nitrogens with zero attached hydrogens (tertiary/aromatic N) is 3. The fourth-order valence-corrected chi connectivity index (χ4v) is 2.11. The molecular formula is C13H11F2N5. The van der Waals surface area contributed by atoms with Gasteiger partial charge in [-0.3, -0.25) is 5.10 Å². The molecule has 1 aromatic carbocycles. The monoisotopic (exact) mass is 275 g/mol. The van der Waals surface area contributed by atoms with E-state index in [2.05, 4.69) is 15.2 Å². The maximum absolute atomic E-state index is 13.4. The topological polar surface area (TPSA) is 72.5 Å². The number of anilines is 1. The van der Waals surface area contributed by atoms with Gasteiger partial charge in [0.1, 0.15) is 17.3 Å². The van der Waals surface area contributed by atoms with Crippen LogP contribution in [0.25, 0.3) is 22.6 Å². The summed E-state index contributed by atoms with van der Waals surface area (Å²) < 4.78 is 28.5. The molecule has 20 heavy (non-hydrogen) atoms. The summed E-state index contributed by atoms with van der Waals surface area (Å²) in [5.74, 6) is -0.611. The first kappa shape index (κ1) is 12.3. The van der Waals surface area contributed by atoms with Crippen LogP contribution in [-0.4, -0.2) is 19.7 Å². The second kappa shape index (κ2) is 4.44. The van der Waals surface area contributed by atoms with Crippen LogP contribution in [0.5, 0.6) is 0 Å². The third-order valence-electron chi connectivity index (χ3n) is 2.99. The second-order valence-electron chi connectivity index (χ2n) is 4.38. The van der Waals surface area contributed by atoms with Crippen molar-refractivity contribution in [1.29, 1.82) is 0 Å². The number of nitrogens with two attached hydrogens (primary N) is 1.